The first kappa shape index (κ1) is 18.9. The number of nitrogens with zero attached hydrogens (tertiary/aromatic N) is 2. The first-order chi connectivity index (χ1) is 12.6. The van der Waals surface area contributed by atoms with Crippen molar-refractivity contribution in [1.82, 2.24) is 15.2 Å². The van der Waals surface area contributed by atoms with Gasteiger partial charge in [-0.05, 0) is 44.0 Å². The van der Waals surface area contributed by atoms with E-state index in [2.05, 4.69) is 15.7 Å². The molecular weight excluding hydrogens is 366 g/mol. The number of amides is 2. The molecule has 0 radical (unpaired) electrons. The smallest absolute Gasteiger partial charge is 0.251 e. The van der Waals surface area contributed by atoms with Crippen molar-refractivity contribution in [3.8, 4) is 0 Å². The Hall–Kier alpha value is -1.86. The van der Waals surface area contributed by atoms with Gasteiger partial charge in [-0.15, -0.1) is 23.1 Å². The van der Waals surface area contributed by atoms with Crippen LogP contribution in [-0.2, 0) is 10.5 Å². The lowest BCUT2D eigenvalue weighted by Gasteiger charge is -2.15. The zero-order valence-electron chi connectivity index (χ0n) is 14.9. The minimum atomic E-state index is -0.0653. The topological polar surface area (TPSA) is 62.3 Å². The number of benzene rings is 1. The Bertz CT molecular complexity index is 758. The number of nitrogens with one attached hydrogen (secondary N) is 1. The number of aryl methyl sites for hydroxylation is 1. The van der Waals surface area contributed by atoms with Crippen molar-refractivity contribution >= 4 is 34.9 Å². The van der Waals surface area contributed by atoms with Crippen LogP contribution < -0.4 is 5.32 Å². The summed E-state index contributed by atoms with van der Waals surface area (Å²) < 4.78 is 0. The van der Waals surface area contributed by atoms with Crippen molar-refractivity contribution in [2.75, 3.05) is 19.6 Å². The fourth-order valence-corrected chi connectivity index (χ4v) is 4.36. The molecule has 138 valence electrons. The van der Waals surface area contributed by atoms with Crippen LogP contribution in [-0.4, -0.2) is 41.3 Å². The molecule has 2 amide bonds. The van der Waals surface area contributed by atoms with Crippen molar-refractivity contribution in [3.63, 3.8) is 0 Å². The van der Waals surface area contributed by atoms with Gasteiger partial charge in [0.25, 0.3) is 5.91 Å². The lowest BCUT2D eigenvalue weighted by atomic mass is 10.2. The van der Waals surface area contributed by atoms with Crippen molar-refractivity contribution in [1.29, 1.82) is 0 Å². The van der Waals surface area contributed by atoms with Crippen LogP contribution in [0.5, 0.6) is 0 Å². The summed E-state index contributed by atoms with van der Waals surface area (Å²) in [6, 6.07) is 7.66. The molecule has 0 aliphatic carbocycles. The summed E-state index contributed by atoms with van der Waals surface area (Å²) in [5.74, 6) is 1.01. The van der Waals surface area contributed by atoms with Crippen LogP contribution in [0.4, 0.5) is 0 Å². The van der Waals surface area contributed by atoms with Crippen LogP contribution in [0.15, 0.2) is 34.5 Å². The van der Waals surface area contributed by atoms with Gasteiger partial charge in [0, 0.05) is 47.6 Å². The third-order valence-electron chi connectivity index (χ3n) is 4.23. The van der Waals surface area contributed by atoms with E-state index in [4.69, 9.17) is 0 Å². The van der Waals surface area contributed by atoms with E-state index in [0.29, 0.717) is 18.5 Å². The largest absolute Gasteiger partial charge is 0.352 e. The molecule has 1 aromatic heterocycles. The number of rotatable bonds is 8. The average Bonchev–Trinajstić information content (AvgIpc) is 3.25. The maximum Gasteiger partial charge on any atom is 0.251 e. The summed E-state index contributed by atoms with van der Waals surface area (Å²) in [4.78, 5) is 31.2. The molecule has 1 fully saturated rings. The number of likely N-dealkylation sites (tertiary alicyclic amines) is 1. The second kappa shape index (κ2) is 9.19. The van der Waals surface area contributed by atoms with Crippen LogP contribution >= 0.6 is 23.1 Å². The molecule has 1 saturated heterocycles. The predicted octanol–water partition coefficient (Wildman–Crippen LogP) is 3.49. The summed E-state index contributed by atoms with van der Waals surface area (Å²) >= 11 is 3.38. The van der Waals surface area contributed by atoms with Crippen LogP contribution in [0.25, 0.3) is 0 Å². The zero-order valence-corrected chi connectivity index (χ0v) is 16.5. The van der Waals surface area contributed by atoms with E-state index in [9.17, 15) is 9.59 Å². The van der Waals surface area contributed by atoms with Crippen molar-refractivity contribution in [2.24, 2.45) is 0 Å². The summed E-state index contributed by atoms with van der Waals surface area (Å²) in [7, 11) is 0. The van der Waals surface area contributed by atoms with Gasteiger partial charge in [0.05, 0.1) is 10.7 Å². The molecule has 1 aliphatic rings. The van der Waals surface area contributed by atoms with E-state index in [1.807, 2.05) is 36.1 Å². The third-order valence-corrected chi connectivity index (χ3v) is 6.10. The highest BCUT2D eigenvalue weighted by atomic mass is 32.2. The van der Waals surface area contributed by atoms with E-state index in [-0.39, 0.29) is 11.8 Å². The van der Waals surface area contributed by atoms with Gasteiger partial charge in [-0.25, -0.2) is 4.98 Å². The molecule has 0 saturated carbocycles. The lowest BCUT2D eigenvalue weighted by Crippen LogP contribution is -2.30. The van der Waals surface area contributed by atoms with Crippen LogP contribution in [0, 0.1) is 6.92 Å². The highest BCUT2D eigenvalue weighted by Gasteiger charge is 2.19. The molecular formula is C19H23N3O2S2. The number of thioether (sulfide) groups is 1. The molecule has 0 atom stereocenters. The molecule has 3 rings (SSSR count). The standard InChI is InChI=1S/C19H23N3O2S2/c1-14-21-16(12-25-14)13-26-17-7-5-15(6-8-17)19(24)20-9-3-11-22-10-2-4-18(22)23/h5-8,12H,2-4,9-11,13H2,1H3,(H,20,24). The van der Waals surface area contributed by atoms with E-state index in [1.54, 1.807) is 23.1 Å². The van der Waals surface area contributed by atoms with Gasteiger partial charge < -0.3 is 10.2 Å². The predicted molar refractivity (Wildman–Crippen MR) is 106 cm³/mol. The van der Waals surface area contributed by atoms with E-state index < -0.39 is 0 Å². The molecule has 1 aromatic carbocycles. The Kier molecular flexibility index (Phi) is 6.68. The second-order valence-corrected chi connectivity index (χ2v) is 8.38. The molecule has 0 unspecified atom stereocenters. The fraction of sp³-hybridized carbons (Fsp3) is 0.421. The van der Waals surface area contributed by atoms with Crippen LogP contribution in [0.3, 0.4) is 0 Å². The minimum Gasteiger partial charge on any atom is -0.352 e. The Morgan fingerprint density at radius 2 is 2.15 bits per heavy atom. The molecule has 26 heavy (non-hydrogen) atoms. The second-order valence-electron chi connectivity index (χ2n) is 6.26. The van der Waals surface area contributed by atoms with Gasteiger partial charge in [-0.3, -0.25) is 9.59 Å². The van der Waals surface area contributed by atoms with Gasteiger partial charge in [0.1, 0.15) is 0 Å². The van der Waals surface area contributed by atoms with Gasteiger partial charge in [-0.1, -0.05) is 0 Å². The zero-order chi connectivity index (χ0) is 18.4. The first-order valence-electron chi connectivity index (χ1n) is 8.81. The van der Waals surface area contributed by atoms with Crippen molar-refractivity contribution in [2.45, 2.75) is 36.8 Å². The Morgan fingerprint density at radius 1 is 1.35 bits per heavy atom. The fourth-order valence-electron chi connectivity index (χ4n) is 2.85. The normalized spacial score (nSPS) is 14.0. The monoisotopic (exact) mass is 389 g/mol. The summed E-state index contributed by atoms with van der Waals surface area (Å²) in [5.41, 5.74) is 1.76. The molecule has 1 N–H and O–H groups in total. The maximum atomic E-state index is 12.2. The first-order valence-corrected chi connectivity index (χ1v) is 10.7. The van der Waals surface area contributed by atoms with Crippen LogP contribution in [0.1, 0.15) is 40.3 Å². The van der Waals surface area contributed by atoms with Gasteiger partial charge in [0.2, 0.25) is 5.91 Å². The lowest BCUT2D eigenvalue weighted by molar-refractivity contribution is -0.127. The summed E-state index contributed by atoms with van der Waals surface area (Å²) in [6.07, 6.45) is 2.41. The van der Waals surface area contributed by atoms with E-state index in [1.165, 1.54) is 0 Å². The number of carbonyl (C=O) groups is 2. The molecule has 7 heteroatoms. The molecule has 2 aromatic rings. The highest BCUT2D eigenvalue weighted by molar-refractivity contribution is 7.98. The van der Waals surface area contributed by atoms with Crippen molar-refractivity contribution in [3.05, 3.63) is 45.9 Å². The van der Waals surface area contributed by atoms with Crippen LogP contribution in [0.2, 0.25) is 0 Å². The quantitative estimate of drug-likeness (QED) is 0.555. The van der Waals surface area contributed by atoms with E-state index in [0.717, 1.165) is 47.3 Å². The Morgan fingerprint density at radius 3 is 2.81 bits per heavy atom. The molecule has 0 spiro atoms. The Labute approximate surface area is 162 Å². The molecule has 5 nitrogen and oxygen atoms in total. The Balaban J connectivity index is 1.39. The third kappa shape index (κ3) is 5.32. The van der Waals surface area contributed by atoms with E-state index >= 15 is 0 Å². The van der Waals surface area contributed by atoms with Gasteiger partial charge in [-0.2, -0.15) is 0 Å². The van der Waals surface area contributed by atoms with Gasteiger partial charge in [0.15, 0.2) is 0 Å². The minimum absolute atomic E-state index is 0.0653. The average molecular weight is 390 g/mol. The van der Waals surface area contributed by atoms with Crippen molar-refractivity contribution < 1.29 is 9.59 Å². The number of carbonyl (C=O) groups excluding carboxylic acids is 2. The molecule has 1 aliphatic heterocycles. The molecule has 2 heterocycles. The highest BCUT2D eigenvalue weighted by Crippen LogP contribution is 2.23. The van der Waals surface area contributed by atoms with Gasteiger partial charge >= 0.3 is 0 Å². The maximum absolute atomic E-state index is 12.2. The summed E-state index contributed by atoms with van der Waals surface area (Å²) in [5, 5.41) is 6.09. The number of hydrogen-bond donors (Lipinski definition) is 1. The summed E-state index contributed by atoms with van der Waals surface area (Å²) in [6.45, 7) is 4.18. The number of aromatic nitrogens is 1. The SMILES string of the molecule is Cc1nc(CSc2ccc(C(=O)NCCCN3CCCC3=O)cc2)cs1. The molecule has 0 bridgehead atoms. The number of hydrogen-bond acceptors (Lipinski definition) is 5. The number of thiazole rings is 1.